The fourth-order valence-electron chi connectivity index (χ4n) is 2.77. The van der Waals surface area contributed by atoms with E-state index in [1.165, 1.54) is 6.42 Å². The summed E-state index contributed by atoms with van der Waals surface area (Å²) in [5.41, 5.74) is 0. The molecule has 2 saturated heterocycles. The molecule has 0 N–H and O–H groups in total. The van der Waals surface area contributed by atoms with Crippen molar-refractivity contribution in [3.05, 3.63) is 0 Å². The van der Waals surface area contributed by atoms with Crippen molar-refractivity contribution in [2.24, 2.45) is 11.8 Å². The smallest absolute Gasteiger partial charge is 0.141 e. The van der Waals surface area contributed by atoms with Crippen molar-refractivity contribution in [3.8, 4) is 0 Å². The van der Waals surface area contributed by atoms with Crippen LogP contribution in [0, 0.1) is 11.8 Å². The molecule has 3 unspecified atom stereocenters. The predicted octanol–water partition coefficient (Wildman–Crippen LogP) is 1.32. The van der Waals surface area contributed by atoms with E-state index in [1.807, 2.05) is 0 Å². The van der Waals surface area contributed by atoms with E-state index in [1.54, 1.807) is 0 Å². The Hall–Kier alpha value is -0.410. The molecule has 15 heavy (non-hydrogen) atoms. The molecule has 0 aliphatic carbocycles. The normalized spacial score (nSPS) is 38.5. The van der Waals surface area contributed by atoms with Crippen LogP contribution in [0.25, 0.3) is 0 Å². The maximum absolute atomic E-state index is 11.7. The van der Waals surface area contributed by atoms with Gasteiger partial charge in [-0.2, -0.15) is 0 Å². The van der Waals surface area contributed by atoms with Gasteiger partial charge in [0.1, 0.15) is 5.78 Å². The van der Waals surface area contributed by atoms with Crippen LogP contribution in [0.4, 0.5) is 0 Å². The third-order valence-corrected chi connectivity index (χ3v) is 3.64. The maximum atomic E-state index is 11.7. The Labute approximate surface area is 91.8 Å². The van der Waals surface area contributed by atoms with Gasteiger partial charge in [-0.15, -0.1) is 0 Å². The van der Waals surface area contributed by atoms with Crippen LogP contribution in [0.15, 0.2) is 0 Å². The van der Waals surface area contributed by atoms with Crippen LogP contribution in [-0.2, 0) is 9.53 Å². The zero-order chi connectivity index (χ0) is 10.8. The molecule has 2 aliphatic heterocycles. The van der Waals surface area contributed by atoms with Crippen molar-refractivity contribution < 1.29 is 9.53 Å². The van der Waals surface area contributed by atoms with Gasteiger partial charge in [0, 0.05) is 25.6 Å². The van der Waals surface area contributed by atoms with E-state index >= 15 is 0 Å². The van der Waals surface area contributed by atoms with Crippen LogP contribution in [0.3, 0.4) is 0 Å². The van der Waals surface area contributed by atoms with Gasteiger partial charge >= 0.3 is 0 Å². The lowest BCUT2D eigenvalue weighted by Gasteiger charge is -2.28. The first-order valence-corrected chi connectivity index (χ1v) is 6.01. The van der Waals surface area contributed by atoms with E-state index in [0.29, 0.717) is 31.5 Å². The fourth-order valence-corrected chi connectivity index (χ4v) is 2.77. The second-order valence-corrected chi connectivity index (χ2v) is 5.13. The molecule has 0 amide bonds. The first-order chi connectivity index (χ1) is 7.16. The minimum atomic E-state index is 0.131. The van der Waals surface area contributed by atoms with Crippen molar-refractivity contribution in [2.75, 3.05) is 26.3 Å². The second kappa shape index (κ2) is 4.62. The molecule has 2 rings (SSSR count). The van der Waals surface area contributed by atoms with Crippen LogP contribution in [0.5, 0.6) is 0 Å². The van der Waals surface area contributed by atoms with Gasteiger partial charge in [-0.1, -0.05) is 6.92 Å². The summed E-state index contributed by atoms with van der Waals surface area (Å²) in [5, 5.41) is 0. The molecule has 0 aromatic carbocycles. The van der Waals surface area contributed by atoms with Gasteiger partial charge in [0.15, 0.2) is 0 Å². The lowest BCUT2D eigenvalue weighted by Crippen LogP contribution is -2.40. The highest BCUT2D eigenvalue weighted by Crippen LogP contribution is 2.24. The highest BCUT2D eigenvalue weighted by atomic mass is 16.5. The molecule has 0 radical (unpaired) electrons. The molecule has 0 saturated carbocycles. The molecule has 3 nitrogen and oxygen atoms in total. The number of hydrogen-bond donors (Lipinski definition) is 0. The topological polar surface area (TPSA) is 29.5 Å². The van der Waals surface area contributed by atoms with E-state index in [9.17, 15) is 4.79 Å². The van der Waals surface area contributed by atoms with E-state index in [4.69, 9.17) is 4.74 Å². The largest absolute Gasteiger partial charge is 0.380 e. The van der Waals surface area contributed by atoms with Crippen molar-refractivity contribution in [1.29, 1.82) is 0 Å². The highest BCUT2D eigenvalue weighted by Gasteiger charge is 2.31. The number of ether oxygens (including phenoxy) is 1. The number of rotatable bonds is 2. The number of Topliss-reactive ketones (excluding diaryl/α,β-unsaturated/α-hetero) is 1. The van der Waals surface area contributed by atoms with Crippen LogP contribution < -0.4 is 0 Å². The summed E-state index contributed by atoms with van der Waals surface area (Å²) in [4.78, 5) is 14.1. The van der Waals surface area contributed by atoms with Gasteiger partial charge in [0.05, 0.1) is 19.1 Å². The minimum Gasteiger partial charge on any atom is -0.380 e. The quantitative estimate of drug-likeness (QED) is 0.690. The number of likely N-dealkylation sites (tertiary alicyclic amines) is 1. The number of carbonyl (C=O) groups is 1. The fraction of sp³-hybridized carbons (Fsp3) is 0.917. The van der Waals surface area contributed by atoms with Gasteiger partial charge in [-0.3, -0.25) is 9.69 Å². The van der Waals surface area contributed by atoms with Crippen LogP contribution in [0.2, 0.25) is 0 Å². The van der Waals surface area contributed by atoms with Gasteiger partial charge in [0.25, 0.3) is 0 Å². The Morgan fingerprint density at radius 1 is 1.47 bits per heavy atom. The van der Waals surface area contributed by atoms with E-state index < -0.39 is 0 Å². The minimum absolute atomic E-state index is 0.131. The summed E-state index contributed by atoms with van der Waals surface area (Å²) >= 11 is 0. The molecule has 0 bridgehead atoms. The monoisotopic (exact) mass is 211 g/mol. The summed E-state index contributed by atoms with van der Waals surface area (Å²) in [6.45, 7) is 7.86. The Morgan fingerprint density at radius 2 is 2.27 bits per heavy atom. The summed E-state index contributed by atoms with van der Waals surface area (Å²) in [6, 6.07) is 0.634. The molecule has 2 heterocycles. The zero-order valence-corrected chi connectivity index (χ0v) is 9.74. The summed E-state index contributed by atoms with van der Waals surface area (Å²) < 4.78 is 5.38. The third kappa shape index (κ3) is 2.58. The third-order valence-electron chi connectivity index (χ3n) is 3.64. The number of ketones is 1. The molecule has 0 spiro atoms. The van der Waals surface area contributed by atoms with E-state index in [-0.39, 0.29) is 5.92 Å². The predicted molar refractivity (Wildman–Crippen MR) is 58.7 cm³/mol. The molecular weight excluding hydrogens is 190 g/mol. The number of nitrogens with zero attached hydrogens (tertiary/aromatic N) is 1. The standard InChI is InChI=1S/C12H21NO2/c1-9-5-10(2)13(6-9)7-11-8-15-4-3-12(11)14/h9-11H,3-8H2,1-2H3. The molecular formula is C12H21NO2. The zero-order valence-electron chi connectivity index (χ0n) is 9.74. The van der Waals surface area contributed by atoms with E-state index in [0.717, 1.165) is 19.0 Å². The molecule has 3 atom stereocenters. The van der Waals surface area contributed by atoms with Crippen molar-refractivity contribution in [1.82, 2.24) is 4.90 Å². The molecule has 0 aromatic heterocycles. The maximum Gasteiger partial charge on any atom is 0.141 e. The van der Waals surface area contributed by atoms with Crippen LogP contribution >= 0.6 is 0 Å². The lowest BCUT2D eigenvalue weighted by molar-refractivity contribution is -0.131. The first kappa shape index (κ1) is 11.1. The summed E-state index contributed by atoms with van der Waals surface area (Å²) in [7, 11) is 0. The van der Waals surface area contributed by atoms with Gasteiger partial charge in [0.2, 0.25) is 0 Å². The van der Waals surface area contributed by atoms with Crippen LogP contribution in [0.1, 0.15) is 26.7 Å². The van der Waals surface area contributed by atoms with Crippen molar-refractivity contribution in [3.63, 3.8) is 0 Å². The molecule has 2 aliphatic rings. The Morgan fingerprint density at radius 3 is 2.87 bits per heavy atom. The number of carbonyl (C=O) groups excluding carboxylic acids is 1. The van der Waals surface area contributed by atoms with Crippen molar-refractivity contribution in [2.45, 2.75) is 32.7 Å². The molecule has 2 fully saturated rings. The number of hydrogen-bond acceptors (Lipinski definition) is 3. The van der Waals surface area contributed by atoms with E-state index in [2.05, 4.69) is 18.7 Å². The highest BCUT2D eigenvalue weighted by molar-refractivity contribution is 5.82. The molecule has 86 valence electrons. The first-order valence-electron chi connectivity index (χ1n) is 6.01. The Kier molecular flexibility index (Phi) is 3.42. The Balaban J connectivity index is 1.87. The average Bonchev–Trinajstić information content (AvgIpc) is 2.49. The lowest BCUT2D eigenvalue weighted by atomic mass is 10.00. The van der Waals surface area contributed by atoms with Crippen molar-refractivity contribution >= 4 is 5.78 Å². The Bertz CT molecular complexity index is 242. The molecule has 0 aromatic rings. The second-order valence-electron chi connectivity index (χ2n) is 5.13. The van der Waals surface area contributed by atoms with Crippen LogP contribution in [-0.4, -0.2) is 43.0 Å². The SMILES string of the molecule is CC1CC(C)N(CC2COCCC2=O)C1. The summed E-state index contributed by atoms with van der Waals surface area (Å²) in [5.74, 6) is 1.30. The average molecular weight is 211 g/mol. The van der Waals surface area contributed by atoms with Gasteiger partial charge < -0.3 is 4.74 Å². The summed E-state index contributed by atoms with van der Waals surface area (Å²) in [6.07, 6.45) is 1.88. The van der Waals surface area contributed by atoms with Gasteiger partial charge in [-0.25, -0.2) is 0 Å². The van der Waals surface area contributed by atoms with Gasteiger partial charge in [-0.05, 0) is 19.3 Å². The molecule has 3 heteroatoms.